The number of thiol groups is 2. The first-order chi connectivity index (χ1) is 15.9. The molecule has 194 valence electrons. The Morgan fingerprint density at radius 2 is 1.06 bits per heavy atom. The van der Waals surface area contributed by atoms with E-state index in [9.17, 15) is 0 Å². The molecule has 2 heterocycles. The summed E-state index contributed by atoms with van der Waals surface area (Å²) in [7, 11) is 0. The standard InChI is InChI=1S/C24H42N4S6/c1-7-25-15-19(29)27(21(25)31)17-23(3,4)9-11-33-13-14-34-12-10-24(5,6)18-28-20(30)16-26(8-2)22(28)32/h15-16,29-30H,7-14,17-18H2,1-6H3. The van der Waals surface area contributed by atoms with E-state index in [1.807, 2.05) is 12.4 Å². The minimum absolute atomic E-state index is 0.198. The highest BCUT2D eigenvalue weighted by atomic mass is 32.2. The zero-order valence-corrected chi connectivity index (χ0v) is 26.6. The second kappa shape index (κ2) is 13.7. The van der Waals surface area contributed by atoms with Crippen LogP contribution in [0.5, 0.6) is 0 Å². The van der Waals surface area contributed by atoms with E-state index in [0.29, 0.717) is 0 Å². The van der Waals surface area contributed by atoms with Gasteiger partial charge in [-0.25, -0.2) is 0 Å². The van der Waals surface area contributed by atoms with Crippen LogP contribution in [0.15, 0.2) is 22.4 Å². The highest BCUT2D eigenvalue weighted by Gasteiger charge is 2.22. The van der Waals surface area contributed by atoms with Gasteiger partial charge in [-0.3, -0.25) is 0 Å². The van der Waals surface area contributed by atoms with Crippen molar-refractivity contribution in [3.63, 3.8) is 0 Å². The normalized spacial score (nSPS) is 12.6. The van der Waals surface area contributed by atoms with E-state index in [2.05, 4.69) is 109 Å². The number of hydrogen-bond acceptors (Lipinski definition) is 6. The molecule has 2 aromatic rings. The Balaban J connectivity index is 1.66. The summed E-state index contributed by atoms with van der Waals surface area (Å²) < 4.78 is 10.3. The number of imidazole rings is 2. The van der Waals surface area contributed by atoms with Crippen molar-refractivity contribution in [2.24, 2.45) is 10.8 Å². The van der Waals surface area contributed by atoms with E-state index >= 15 is 0 Å². The van der Waals surface area contributed by atoms with E-state index in [4.69, 9.17) is 24.4 Å². The second-order valence-corrected chi connectivity index (χ2v) is 14.4. The third-order valence-corrected chi connectivity index (χ3v) is 9.97. The first kappa shape index (κ1) is 30.5. The van der Waals surface area contributed by atoms with Crippen LogP contribution in [0.25, 0.3) is 0 Å². The molecule has 4 nitrogen and oxygen atoms in total. The SMILES string of the molecule is CCn1cc(S)n(CC(C)(C)CCSCCSCCC(C)(C)Cn2c(S)cn(CC)c2=S)c1=S. The van der Waals surface area contributed by atoms with Gasteiger partial charge in [0.15, 0.2) is 9.54 Å². The highest BCUT2D eigenvalue weighted by molar-refractivity contribution is 8.02. The van der Waals surface area contributed by atoms with E-state index in [-0.39, 0.29) is 10.8 Å². The minimum atomic E-state index is 0.198. The Bertz CT molecular complexity index is 945. The fourth-order valence-corrected chi connectivity index (χ4v) is 8.00. The lowest BCUT2D eigenvalue weighted by Gasteiger charge is -2.26. The van der Waals surface area contributed by atoms with E-state index in [0.717, 1.165) is 45.8 Å². The summed E-state index contributed by atoms with van der Waals surface area (Å²) >= 11 is 24.6. The summed E-state index contributed by atoms with van der Waals surface area (Å²) in [5, 5.41) is 1.92. The van der Waals surface area contributed by atoms with E-state index < -0.39 is 0 Å². The number of aryl methyl sites for hydroxylation is 2. The molecule has 0 unspecified atom stereocenters. The molecule has 0 atom stereocenters. The van der Waals surface area contributed by atoms with Crippen molar-refractivity contribution in [3.8, 4) is 0 Å². The van der Waals surface area contributed by atoms with Gasteiger partial charge in [-0.05, 0) is 73.5 Å². The highest BCUT2D eigenvalue weighted by Crippen LogP contribution is 2.29. The third-order valence-electron chi connectivity index (χ3n) is 6.12. The van der Waals surface area contributed by atoms with Crippen LogP contribution < -0.4 is 0 Å². The number of thioether (sulfide) groups is 2. The van der Waals surface area contributed by atoms with Gasteiger partial charge in [-0.1, -0.05) is 27.7 Å². The van der Waals surface area contributed by atoms with Gasteiger partial charge >= 0.3 is 0 Å². The summed E-state index contributed by atoms with van der Waals surface area (Å²) in [5.74, 6) is 4.77. The molecule has 2 aromatic heterocycles. The van der Waals surface area contributed by atoms with Crippen LogP contribution in [0, 0.1) is 20.4 Å². The second-order valence-electron chi connectivity index (χ2n) is 10.3. The first-order valence-corrected chi connectivity index (χ1v) is 16.1. The van der Waals surface area contributed by atoms with Crippen molar-refractivity contribution in [1.29, 1.82) is 0 Å². The molecule has 0 saturated heterocycles. The molecular formula is C24H42N4S6. The smallest absolute Gasteiger partial charge is 0.180 e. The molecule has 0 aliphatic carbocycles. The monoisotopic (exact) mass is 578 g/mol. The molecule has 0 saturated carbocycles. The molecule has 0 aliphatic heterocycles. The van der Waals surface area contributed by atoms with Crippen LogP contribution in [-0.2, 0) is 26.2 Å². The molecule has 0 spiro atoms. The molecule has 0 aliphatic rings. The van der Waals surface area contributed by atoms with Crippen LogP contribution in [0.3, 0.4) is 0 Å². The van der Waals surface area contributed by atoms with Crippen LogP contribution in [0.1, 0.15) is 54.4 Å². The number of aromatic nitrogens is 4. The first-order valence-electron chi connectivity index (χ1n) is 12.0. The van der Waals surface area contributed by atoms with Gasteiger partial charge in [-0.15, -0.1) is 25.3 Å². The average molecular weight is 579 g/mol. The molecule has 0 radical (unpaired) electrons. The number of nitrogens with zero attached hydrogens (tertiary/aromatic N) is 4. The maximum atomic E-state index is 5.61. The Morgan fingerprint density at radius 1 is 0.706 bits per heavy atom. The molecule has 2 rings (SSSR count). The molecule has 10 heteroatoms. The van der Waals surface area contributed by atoms with Gasteiger partial charge in [-0.2, -0.15) is 23.5 Å². The topological polar surface area (TPSA) is 19.7 Å². The van der Waals surface area contributed by atoms with Crippen molar-refractivity contribution in [3.05, 3.63) is 21.9 Å². The van der Waals surface area contributed by atoms with Crippen molar-refractivity contribution in [2.45, 2.75) is 90.6 Å². The maximum Gasteiger partial charge on any atom is 0.180 e. The number of rotatable bonds is 15. The molecule has 0 bridgehead atoms. The van der Waals surface area contributed by atoms with Crippen LogP contribution in [-0.4, -0.2) is 41.3 Å². The molecule has 0 amide bonds. The Labute approximate surface area is 236 Å². The van der Waals surface area contributed by atoms with Gasteiger partial charge in [0.1, 0.15) is 0 Å². The predicted molar refractivity (Wildman–Crippen MR) is 164 cm³/mol. The van der Waals surface area contributed by atoms with Gasteiger partial charge in [0.25, 0.3) is 0 Å². The Hall–Kier alpha value is 0.260. The van der Waals surface area contributed by atoms with E-state index in [1.165, 1.54) is 35.9 Å². The molecule has 0 fully saturated rings. The Kier molecular flexibility index (Phi) is 12.3. The lowest BCUT2D eigenvalue weighted by atomic mass is 9.90. The maximum absolute atomic E-state index is 5.61. The van der Waals surface area contributed by atoms with Gasteiger partial charge < -0.3 is 18.3 Å². The van der Waals surface area contributed by atoms with Crippen LogP contribution in [0.2, 0.25) is 0 Å². The van der Waals surface area contributed by atoms with Crippen LogP contribution in [0.4, 0.5) is 0 Å². The minimum Gasteiger partial charge on any atom is -0.323 e. The lowest BCUT2D eigenvalue weighted by molar-refractivity contribution is 0.286. The van der Waals surface area contributed by atoms with Gasteiger partial charge in [0.2, 0.25) is 0 Å². The third kappa shape index (κ3) is 8.98. The van der Waals surface area contributed by atoms with Gasteiger partial charge in [0, 0.05) is 50.1 Å². The van der Waals surface area contributed by atoms with E-state index in [1.54, 1.807) is 0 Å². The molecule has 0 aromatic carbocycles. The van der Waals surface area contributed by atoms with Gasteiger partial charge in [0.05, 0.1) is 10.1 Å². The van der Waals surface area contributed by atoms with Crippen LogP contribution >= 0.6 is 73.2 Å². The average Bonchev–Trinajstić information content (AvgIpc) is 3.19. The largest absolute Gasteiger partial charge is 0.323 e. The fraction of sp³-hybridized carbons (Fsp3) is 0.750. The fourth-order valence-electron chi connectivity index (χ4n) is 3.82. The lowest BCUT2D eigenvalue weighted by Crippen LogP contribution is -2.21. The van der Waals surface area contributed by atoms with Crippen molar-refractivity contribution >= 4 is 73.2 Å². The summed E-state index contributed by atoms with van der Waals surface area (Å²) in [5.41, 5.74) is 0.396. The molecule has 34 heavy (non-hydrogen) atoms. The molecular weight excluding hydrogens is 537 g/mol. The zero-order valence-electron chi connectivity index (χ0n) is 21.5. The summed E-state index contributed by atoms with van der Waals surface area (Å²) in [6.45, 7) is 17.2. The number of hydrogen-bond donors (Lipinski definition) is 2. The summed E-state index contributed by atoms with van der Waals surface area (Å²) in [6, 6.07) is 0. The summed E-state index contributed by atoms with van der Waals surface area (Å²) in [4.78, 5) is 0. The molecule has 0 N–H and O–H groups in total. The summed E-state index contributed by atoms with van der Waals surface area (Å²) in [6.07, 6.45) is 6.43. The quantitative estimate of drug-likeness (QED) is 0.127. The Morgan fingerprint density at radius 3 is 1.35 bits per heavy atom. The van der Waals surface area contributed by atoms with Crippen molar-refractivity contribution in [1.82, 2.24) is 18.3 Å². The predicted octanol–water partition coefficient (Wildman–Crippen LogP) is 7.97. The van der Waals surface area contributed by atoms with Crippen molar-refractivity contribution < 1.29 is 0 Å². The van der Waals surface area contributed by atoms with Crippen molar-refractivity contribution in [2.75, 3.05) is 23.0 Å². The zero-order chi connectivity index (χ0) is 25.5.